The van der Waals surface area contributed by atoms with Crippen LogP contribution < -0.4 is 0 Å². The van der Waals surface area contributed by atoms with Crippen LogP contribution in [0.4, 0.5) is 0 Å². The number of allylic oxidation sites excluding steroid dienone is 1. The smallest absolute Gasteiger partial charge is 0.0930 e. The van der Waals surface area contributed by atoms with Crippen molar-refractivity contribution in [3.05, 3.63) is 23.3 Å². The zero-order valence-electron chi connectivity index (χ0n) is 5.89. The second-order valence-corrected chi connectivity index (χ2v) is 2.22. The van der Waals surface area contributed by atoms with Crippen LogP contribution in [0.2, 0.25) is 0 Å². The Kier molecular flexibility index (Phi) is 1.52. The molecule has 9 heavy (non-hydrogen) atoms. The van der Waals surface area contributed by atoms with Crippen LogP contribution >= 0.6 is 0 Å². The molecular formula is C8H11N. The van der Waals surface area contributed by atoms with Crippen molar-refractivity contribution >= 4 is 6.72 Å². The lowest BCUT2D eigenvalue weighted by Gasteiger charge is -1.90. The molecule has 0 spiro atoms. The fourth-order valence-corrected chi connectivity index (χ4v) is 0.804. The van der Waals surface area contributed by atoms with E-state index in [2.05, 4.69) is 30.8 Å². The fraction of sp³-hybridized carbons (Fsp3) is 0.375. The summed E-state index contributed by atoms with van der Waals surface area (Å²) in [5.74, 6) is 0. The minimum atomic E-state index is 0.334. The van der Waals surface area contributed by atoms with Crippen LogP contribution in [-0.4, -0.2) is 12.8 Å². The second kappa shape index (κ2) is 2.18. The van der Waals surface area contributed by atoms with E-state index >= 15 is 0 Å². The quantitative estimate of drug-likeness (QED) is 0.495. The van der Waals surface area contributed by atoms with Crippen molar-refractivity contribution in [1.29, 1.82) is 0 Å². The molecule has 1 aliphatic rings. The third kappa shape index (κ3) is 1.10. The van der Waals surface area contributed by atoms with Crippen molar-refractivity contribution in [2.45, 2.75) is 19.9 Å². The molecule has 1 atom stereocenters. The molecule has 0 saturated carbocycles. The first-order valence-corrected chi connectivity index (χ1v) is 3.10. The van der Waals surface area contributed by atoms with Gasteiger partial charge in [0.15, 0.2) is 0 Å². The molecule has 1 nitrogen and oxygen atoms in total. The van der Waals surface area contributed by atoms with Crippen LogP contribution in [0.1, 0.15) is 13.8 Å². The summed E-state index contributed by atoms with van der Waals surface area (Å²) in [6.45, 7) is 7.59. The average Bonchev–Trinajstić information content (AvgIpc) is 2.64. The minimum Gasteiger partial charge on any atom is -0.289 e. The Balaban J connectivity index is 2.51. The minimum absolute atomic E-state index is 0.334. The van der Waals surface area contributed by atoms with Gasteiger partial charge in [0, 0.05) is 0 Å². The van der Waals surface area contributed by atoms with Crippen LogP contribution in [0.3, 0.4) is 0 Å². The Hall–Kier alpha value is -0.850. The molecule has 1 unspecified atom stereocenters. The Morgan fingerprint density at radius 2 is 2.56 bits per heavy atom. The number of hydrogen-bond acceptors (Lipinski definition) is 1. The molecule has 48 valence electrons. The molecule has 0 aromatic carbocycles. The Bertz CT molecular complexity index is 187. The molecule has 1 aliphatic carbocycles. The van der Waals surface area contributed by atoms with Crippen LogP contribution in [0.25, 0.3) is 0 Å². The van der Waals surface area contributed by atoms with Gasteiger partial charge in [0.2, 0.25) is 0 Å². The molecule has 0 aromatic rings. The molecule has 0 radical (unpaired) electrons. The van der Waals surface area contributed by atoms with Crippen LogP contribution in [0, 0.1) is 0 Å². The van der Waals surface area contributed by atoms with E-state index in [-0.39, 0.29) is 0 Å². The van der Waals surface area contributed by atoms with Gasteiger partial charge in [-0.15, -0.1) is 0 Å². The summed E-state index contributed by atoms with van der Waals surface area (Å²) in [7, 11) is 0. The van der Waals surface area contributed by atoms with Gasteiger partial charge in [0.05, 0.1) is 6.04 Å². The number of hydrogen-bond donors (Lipinski definition) is 0. The van der Waals surface area contributed by atoms with Gasteiger partial charge in [-0.2, -0.15) is 0 Å². The lowest BCUT2D eigenvalue weighted by atomic mass is 10.2. The van der Waals surface area contributed by atoms with Crippen molar-refractivity contribution in [3.63, 3.8) is 0 Å². The summed E-state index contributed by atoms with van der Waals surface area (Å²) >= 11 is 0. The van der Waals surface area contributed by atoms with Crippen molar-refractivity contribution in [2.24, 2.45) is 4.99 Å². The van der Waals surface area contributed by atoms with E-state index in [0.717, 1.165) is 0 Å². The highest BCUT2D eigenvalue weighted by Gasteiger charge is 2.22. The second-order valence-electron chi connectivity index (χ2n) is 2.22. The van der Waals surface area contributed by atoms with Crippen molar-refractivity contribution in [1.82, 2.24) is 0 Å². The first-order valence-electron chi connectivity index (χ1n) is 3.10. The third-order valence-electron chi connectivity index (χ3n) is 1.63. The summed E-state index contributed by atoms with van der Waals surface area (Å²) in [4.78, 5) is 3.87. The average molecular weight is 121 g/mol. The van der Waals surface area contributed by atoms with Gasteiger partial charge in [-0.25, -0.2) is 0 Å². The summed E-state index contributed by atoms with van der Waals surface area (Å²) < 4.78 is 0. The lowest BCUT2D eigenvalue weighted by molar-refractivity contribution is 1.12. The SMILES string of the molecule is C=NC1C=C1/C(C)=C\C. The molecule has 0 aromatic heterocycles. The molecule has 0 bridgehead atoms. The Morgan fingerprint density at radius 1 is 1.89 bits per heavy atom. The van der Waals surface area contributed by atoms with E-state index in [0.29, 0.717) is 6.04 Å². The lowest BCUT2D eigenvalue weighted by Crippen LogP contribution is -1.81. The van der Waals surface area contributed by atoms with Crippen LogP contribution in [0.15, 0.2) is 28.3 Å². The zero-order chi connectivity index (χ0) is 6.85. The summed E-state index contributed by atoms with van der Waals surface area (Å²) in [5.41, 5.74) is 2.67. The van der Waals surface area contributed by atoms with Crippen molar-refractivity contribution < 1.29 is 0 Å². The maximum Gasteiger partial charge on any atom is 0.0930 e. The third-order valence-corrected chi connectivity index (χ3v) is 1.63. The zero-order valence-corrected chi connectivity index (χ0v) is 5.89. The van der Waals surface area contributed by atoms with E-state index in [9.17, 15) is 0 Å². The summed E-state index contributed by atoms with van der Waals surface area (Å²) in [6.07, 6.45) is 4.21. The molecule has 0 heterocycles. The number of aliphatic imine (C=N–C) groups is 1. The topological polar surface area (TPSA) is 12.4 Å². The molecule has 0 fully saturated rings. The highest BCUT2D eigenvalue weighted by atomic mass is 14.8. The number of rotatable bonds is 2. The monoisotopic (exact) mass is 121 g/mol. The predicted octanol–water partition coefficient (Wildman–Crippen LogP) is 1.96. The van der Waals surface area contributed by atoms with Gasteiger partial charge >= 0.3 is 0 Å². The molecule has 0 amide bonds. The van der Waals surface area contributed by atoms with E-state index in [1.807, 2.05) is 6.92 Å². The predicted molar refractivity (Wildman–Crippen MR) is 40.9 cm³/mol. The standard InChI is InChI=1S/C8H11N/c1-4-6(2)7-5-8(7)9-3/h4-5,8H,3H2,1-2H3/b6-4-. The first kappa shape index (κ1) is 6.27. The summed E-state index contributed by atoms with van der Waals surface area (Å²) in [5, 5.41) is 0. The number of nitrogens with zero attached hydrogens (tertiary/aromatic N) is 1. The normalized spacial score (nSPS) is 25.3. The summed E-state index contributed by atoms with van der Waals surface area (Å²) in [6, 6.07) is 0.334. The molecule has 1 rings (SSSR count). The van der Waals surface area contributed by atoms with Crippen molar-refractivity contribution in [3.8, 4) is 0 Å². The van der Waals surface area contributed by atoms with E-state index in [4.69, 9.17) is 0 Å². The van der Waals surface area contributed by atoms with Crippen LogP contribution in [0.5, 0.6) is 0 Å². The van der Waals surface area contributed by atoms with E-state index in [1.54, 1.807) is 0 Å². The van der Waals surface area contributed by atoms with Gasteiger partial charge in [-0.3, -0.25) is 4.99 Å². The molecule has 0 saturated heterocycles. The fourth-order valence-electron chi connectivity index (χ4n) is 0.804. The highest BCUT2D eigenvalue weighted by molar-refractivity contribution is 5.52. The van der Waals surface area contributed by atoms with E-state index in [1.165, 1.54) is 11.1 Å². The van der Waals surface area contributed by atoms with Gasteiger partial charge in [-0.05, 0) is 37.8 Å². The molecule has 1 heteroatoms. The van der Waals surface area contributed by atoms with Gasteiger partial charge in [0.1, 0.15) is 0 Å². The maximum atomic E-state index is 3.87. The molecule has 0 N–H and O–H groups in total. The molecule has 0 aliphatic heterocycles. The van der Waals surface area contributed by atoms with Crippen LogP contribution in [-0.2, 0) is 0 Å². The van der Waals surface area contributed by atoms with Crippen molar-refractivity contribution in [2.75, 3.05) is 0 Å². The van der Waals surface area contributed by atoms with Gasteiger partial charge in [-0.1, -0.05) is 6.08 Å². The Morgan fingerprint density at radius 3 is 2.89 bits per heavy atom. The molecular weight excluding hydrogens is 110 g/mol. The maximum absolute atomic E-state index is 3.87. The largest absolute Gasteiger partial charge is 0.289 e. The van der Waals surface area contributed by atoms with Gasteiger partial charge < -0.3 is 0 Å². The van der Waals surface area contributed by atoms with Gasteiger partial charge in [0.25, 0.3) is 0 Å². The van der Waals surface area contributed by atoms with E-state index < -0.39 is 0 Å². The Labute approximate surface area is 55.8 Å². The first-order chi connectivity index (χ1) is 4.29. The highest BCUT2D eigenvalue weighted by Crippen LogP contribution is 2.30.